The second kappa shape index (κ2) is 7.97. The lowest BCUT2D eigenvalue weighted by Gasteiger charge is -2.36. The third kappa shape index (κ3) is 4.47. The molecule has 0 radical (unpaired) electrons. The normalized spacial score (nSPS) is 14.8. The minimum Gasteiger partial charge on any atom is -0.435 e. The van der Waals surface area contributed by atoms with Gasteiger partial charge in [0.2, 0.25) is 5.88 Å². The first-order chi connectivity index (χ1) is 12.1. The molecular weight excluding hydrogens is 342 g/mol. The fraction of sp³-hybridized carbons (Fsp3) is 0.250. The van der Waals surface area contributed by atoms with Crippen LogP contribution in [0.4, 0.5) is 11.6 Å². The highest BCUT2D eigenvalue weighted by Gasteiger charge is 2.18. The van der Waals surface area contributed by atoms with Gasteiger partial charge in [0.05, 0.1) is 6.21 Å². The van der Waals surface area contributed by atoms with Crippen LogP contribution in [0.2, 0.25) is 0 Å². The molecule has 3 rings (SSSR count). The van der Waals surface area contributed by atoms with Gasteiger partial charge in [0.15, 0.2) is 5.11 Å². The Kier molecular flexibility index (Phi) is 5.49. The standard InChI is InChI=1S/C16H19N5O3S/c22-21(23)15-7-6-14(24-15)12-17-18-16(25)20-10-8-19(9-11-20)13-4-2-1-3-5-13/h1-7,12,22-23H,8-11H2,(H,18,25). The van der Waals surface area contributed by atoms with Crippen molar-refractivity contribution in [3.05, 3.63) is 48.2 Å². The van der Waals surface area contributed by atoms with Gasteiger partial charge in [-0.3, -0.25) is 15.8 Å². The molecule has 0 amide bonds. The van der Waals surface area contributed by atoms with E-state index in [0.29, 0.717) is 10.9 Å². The van der Waals surface area contributed by atoms with Gasteiger partial charge in [-0.05, 0) is 30.4 Å². The highest BCUT2D eigenvalue weighted by molar-refractivity contribution is 7.80. The maximum absolute atomic E-state index is 8.83. The average Bonchev–Trinajstić information content (AvgIpc) is 3.12. The molecule has 1 saturated heterocycles. The van der Waals surface area contributed by atoms with E-state index >= 15 is 0 Å². The van der Waals surface area contributed by atoms with Crippen molar-refractivity contribution in [3.63, 3.8) is 0 Å². The van der Waals surface area contributed by atoms with Crippen molar-refractivity contribution in [3.8, 4) is 0 Å². The number of furan rings is 1. The molecular formula is C16H19N5O3S. The second-order valence-corrected chi connectivity index (χ2v) is 5.84. The van der Waals surface area contributed by atoms with Crippen molar-refractivity contribution in [1.82, 2.24) is 10.3 Å². The van der Waals surface area contributed by atoms with Crippen LogP contribution in [0.1, 0.15) is 5.76 Å². The van der Waals surface area contributed by atoms with Gasteiger partial charge in [0.25, 0.3) is 0 Å². The molecule has 3 N–H and O–H groups in total. The summed E-state index contributed by atoms with van der Waals surface area (Å²) in [5.41, 5.74) is 4.02. The number of anilines is 2. The van der Waals surface area contributed by atoms with Gasteiger partial charge in [0, 0.05) is 37.9 Å². The molecule has 132 valence electrons. The Morgan fingerprint density at radius 1 is 1.12 bits per heavy atom. The lowest BCUT2D eigenvalue weighted by Crippen LogP contribution is -2.51. The lowest BCUT2D eigenvalue weighted by atomic mass is 10.2. The van der Waals surface area contributed by atoms with Gasteiger partial charge in [-0.15, -0.1) is 0 Å². The largest absolute Gasteiger partial charge is 0.435 e. The van der Waals surface area contributed by atoms with E-state index < -0.39 is 0 Å². The van der Waals surface area contributed by atoms with Crippen LogP contribution in [0.5, 0.6) is 0 Å². The van der Waals surface area contributed by atoms with Crippen LogP contribution in [-0.2, 0) is 0 Å². The van der Waals surface area contributed by atoms with Crippen molar-refractivity contribution in [2.75, 3.05) is 36.3 Å². The van der Waals surface area contributed by atoms with Gasteiger partial charge in [0.1, 0.15) is 5.76 Å². The van der Waals surface area contributed by atoms with Gasteiger partial charge in [-0.25, -0.2) is 0 Å². The SMILES string of the molecule is ON(O)c1ccc(C=NNC(=S)N2CCN(c3ccccc3)CC2)o1. The fourth-order valence-electron chi connectivity index (χ4n) is 2.55. The summed E-state index contributed by atoms with van der Waals surface area (Å²) in [6.07, 6.45) is 1.42. The van der Waals surface area contributed by atoms with Gasteiger partial charge in [-0.1, -0.05) is 23.4 Å². The van der Waals surface area contributed by atoms with Crippen LogP contribution < -0.4 is 15.6 Å². The number of nitrogens with zero attached hydrogens (tertiary/aromatic N) is 4. The number of rotatable bonds is 4. The maximum Gasteiger partial charge on any atom is 0.247 e. The number of nitrogens with one attached hydrogen (secondary N) is 1. The van der Waals surface area contributed by atoms with Crippen molar-refractivity contribution in [2.45, 2.75) is 0 Å². The van der Waals surface area contributed by atoms with E-state index in [2.05, 4.69) is 32.5 Å². The molecule has 8 nitrogen and oxygen atoms in total. The van der Waals surface area contributed by atoms with E-state index in [4.69, 9.17) is 27.0 Å². The minimum absolute atomic E-state index is 0.0956. The Bertz CT molecular complexity index is 726. The van der Waals surface area contributed by atoms with E-state index in [9.17, 15) is 0 Å². The Hall–Kier alpha value is -2.62. The summed E-state index contributed by atoms with van der Waals surface area (Å²) in [5.74, 6) is 0.272. The number of hydrogen-bond donors (Lipinski definition) is 3. The molecule has 0 spiro atoms. The molecule has 1 fully saturated rings. The molecule has 2 aromatic rings. The monoisotopic (exact) mass is 361 g/mol. The number of para-hydroxylation sites is 1. The highest BCUT2D eigenvalue weighted by Crippen LogP contribution is 2.16. The summed E-state index contributed by atoms with van der Waals surface area (Å²) in [7, 11) is 0. The predicted octanol–water partition coefficient (Wildman–Crippen LogP) is 1.90. The minimum atomic E-state index is -0.0962. The molecule has 1 aliphatic heterocycles. The number of hydrazone groups is 1. The molecule has 9 heteroatoms. The van der Waals surface area contributed by atoms with Crippen LogP contribution in [0.15, 0.2) is 52.0 Å². The second-order valence-electron chi connectivity index (χ2n) is 5.45. The zero-order chi connectivity index (χ0) is 17.6. The van der Waals surface area contributed by atoms with Crippen LogP contribution in [-0.4, -0.2) is 52.8 Å². The van der Waals surface area contributed by atoms with E-state index in [0.717, 1.165) is 26.2 Å². The third-order valence-electron chi connectivity index (χ3n) is 3.85. The summed E-state index contributed by atoms with van der Waals surface area (Å²) < 4.78 is 5.11. The molecule has 0 aliphatic carbocycles. The quantitative estimate of drug-likeness (QED) is 0.432. The van der Waals surface area contributed by atoms with E-state index in [1.807, 2.05) is 18.2 Å². The molecule has 0 saturated carbocycles. The molecule has 1 aromatic heterocycles. The number of thiocarbonyl (C=S) groups is 1. The summed E-state index contributed by atoms with van der Waals surface area (Å²) in [6.45, 7) is 3.40. The summed E-state index contributed by atoms with van der Waals surface area (Å²) >= 11 is 5.36. The lowest BCUT2D eigenvalue weighted by molar-refractivity contribution is 0.0174. The molecule has 0 bridgehead atoms. The van der Waals surface area contributed by atoms with Gasteiger partial charge >= 0.3 is 0 Å². The summed E-state index contributed by atoms with van der Waals surface area (Å²) in [4.78, 5) is 4.38. The molecule has 1 aromatic carbocycles. The van der Waals surface area contributed by atoms with Crippen LogP contribution in [0.25, 0.3) is 0 Å². The van der Waals surface area contributed by atoms with E-state index in [1.54, 1.807) is 6.07 Å². The maximum atomic E-state index is 8.83. The summed E-state index contributed by atoms with van der Waals surface area (Å²) in [5, 5.41) is 22.1. The van der Waals surface area contributed by atoms with Crippen LogP contribution in [0, 0.1) is 0 Å². The molecule has 0 atom stereocenters. The Morgan fingerprint density at radius 3 is 2.48 bits per heavy atom. The Morgan fingerprint density at radius 2 is 1.84 bits per heavy atom. The molecule has 0 unspecified atom stereocenters. The smallest absolute Gasteiger partial charge is 0.247 e. The van der Waals surface area contributed by atoms with Crippen LogP contribution in [0.3, 0.4) is 0 Å². The number of hydrogen-bond acceptors (Lipinski definition) is 7. The van der Waals surface area contributed by atoms with Crippen molar-refractivity contribution >= 4 is 35.1 Å². The average molecular weight is 361 g/mol. The van der Waals surface area contributed by atoms with Crippen molar-refractivity contribution < 1.29 is 14.8 Å². The number of piperazine rings is 1. The zero-order valence-corrected chi connectivity index (χ0v) is 14.3. The molecule has 1 aliphatic rings. The molecule has 2 heterocycles. The third-order valence-corrected chi connectivity index (χ3v) is 4.20. The first kappa shape index (κ1) is 17.2. The first-order valence-electron chi connectivity index (χ1n) is 7.79. The van der Waals surface area contributed by atoms with Crippen molar-refractivity contribution in [1.29, 1.82) is 0 Å². The van der Waals surface area contributed by atoms with E-state index in [1.165, 1.54) is 18.0 Å². The topological polar surface area (TPSA) is 87.7 Å². The van der Waals surface area contributed by atoms with Gasteiger partial charge < -0.3 is 14.2 Å². The first-order valence-corrected chi connectivity index (χ1v) is 8.20. The number of benzene rings is 1. The summed E-state index contributed by atoms with van der Waals surface area (Å²) in [6, 6.07) is 13.3. The Labute approximate surface area is 150 Å². The highest BCUT2D eigenvalue weighted by atomic mass is 32.1. The molecule has 25 heavy (non-hydrogen) atoms. The fourth-order valence-corrected chi connectivity index (χ4v) is 2.78. The zero-order valence-electron chi connectivity index (χ0n) is 13.4. The van der Waals surface area contributed by atoms with Gasteiger partial charge in [-0.2, -0.15) is 5.10 Å². The van der Waals surface area contributed by atoms with Crippen molar-refractivity contribution in [2.24, 2.45) is 5.10 Å². The Balaban J connectivity index is 1.47. The van der Waals surface area contributed by atoms with E-state index in [-0.39, 0.29) is 11.1 Å². The predicted molar refractivity (Wildman–Crippen MR) is 98.3 cm³/mol. The van der Waals surface area contributed by atoms with Crippen LogP contribution >= 0.6 is 12.2 Å².